The number of hydrogen-bond acceptors (Lipinski definition) is 2. The molecule has 0 saturated carbocycles. The van der Waals surface area contributed by atoms with Crippen LogP contribution in [0.4, 0.5) is 0 Å². The number of benzene rings is 1. The molecule has 1 aromatic carbocycles. The van der Waals surface area contributed by atoms with Crippen molar-refractivity contribution in [3.05, 3.63) is 52.0 Å². The Hall–Kier alpha value is -1.32. The van der Waals surface area contributed by atoms with E-state index < -0.39 is 0 Å². The van der Waals surface area contributed by atoms with Gasteiger partial charge in [-0.25, -0.2) is 4.98 Å². The van der Waals surface area contributed by atoms with Crippen LogP contribution in [0.3, 0.4) is 0 Å². The zero-order valence-corrected chi connectivity index (χ0v) is 12.5. The number of fused-ring (bicyclic) bond motifs is 1. The Bertz CT molecular complexity index is 700. The Balaban J connectivity index is 2.26. The van der Waals surface area contributed by atoms with E-state index in [0.29, 0.717) is 5.88 Å². The van der Waals surface area contributed by atoms with Crippen molar-refractivity contribution in [3.8, 4) is 0 Å². The zero-order valence-electron chi connectivity index (χ0n) is 10.9. The number of rotatable bonds is 3. The molecule has 0 N–H and O–H groups in total. The van der Waals surface area contributed by atoms with E-state index in [4.69, 9.17) is 11.6 Å². The highest BCUT2D eigenvalue weighted by molar-refractivity contribution is 7.10. The molecule has 2 nitrogen and oxygen atoms in total. The van der Waals surface area contributed by atoms with Crippen LogP contribution in [0.1, 0.15) is 29.2 Å². The van der Waals surface area contributed by atoms with Crippen LogP contribution in [-0.2, 0) is 5.88 Å². The number of para-hydroxylation sites is 1. The maximum atomic E-state index is 6.08. The molecule has 0 fully saturated rings. The monoisotopic (exact) mass is 290 g/mol. The Morgan fingerprint density at radius 3 is 2.84 bits per heavy atom. The number of hydrogen-bond donors (Lipinski definition) is 0. The summed E-state index contributed by atoms with van der Waals surface area (Å²) in [7, 11) is 0. The van der Waals surface area contributed by atoms with Gasteiger partial charge >= 0.3 is 0 Å². The third-order valence-corrected chi connectivity index (χ3v) is 4.73. The fourth-order valence-corrected chi connectivity index (χ4v) is 3.50. The second kappa shape index (κ2) is 4.99. The maximum absolute atomic E-state index is 6.08. The van der Waals surface area contributed by atoms with E-state index in [0.717, 1.165) is 11.3 Å². The summed E-state index contributed by atoms with van der Waals surface area (Å²) in [5.74, 6) is 1.37. The molecule has 4 heteroatoms. The van der Waals surface area contributed by atoms with E-state index in [1.165, 1.54) is 16.0 Å². The minimum Gasteiger partial charge on any atom is -0.319 e. The second-order valence-electron chi connectivity index (χ2n) is 4.67. The lowest BCUT2D eigenvalue weighted by Crippen LogP contribution is -2.09. The van der Waals surface area contributed by atoms with Gasteiger partial charge in [0.25, 0.3) is 0 Å². The SMILES string of the molecule is Cc1cccc2nc(CCl)n(C(C)c3cccs3)c12. The van der Waals surface area contributed by atoms with Crippen molar-refractivity contribution in [2.75, 3.05) is 0 Å². The van der Waals surface area contributed by atoms with E-state index in [1.807, 2.05) is 6.07 Å². The fraction of sp³-hybridized carbons (Fsp3) is 0.267. The lowest BCUT2D eigenvalue weighted by Gasteiger charge is -2.16. The molecule has 0 spiro atoms. The molecule has 2 aromatic heterocycles. The smallest absolute Gasteiger partial charge is 0.125 e. The molecule has 2 heterocycles. The van der Waals surface area contributed by atoms with Gasteiger partial charge in [-0.15, -0.1) is 22.9 Å². The van der Waals surface area contributed by atoms with E-state index in [2.05, 4.69) is 53.0 Å². The van der Waals surface area contributed by atoms with Gasteiger partial charge in [0.05, 0.1) is 23.0 Å². The summed E-state index contributed by atoms with van der Waals surface area (Å²) in [5.41, 5.74) is 3.46. The minimum absolute atomic E-state index is 0.264. The van der Waals surface area contributed by atoms with Gasteiger partial charge in [0.1, 0.15) is 5.82 Å². The minimum atomic E-state index is 0.264. The van der Waals surface area contributed by atoms with Crippen LogP contribution in [0.15, 0.2) is 35.7 Å². The first kappa shape index (κ1) is 12.7. The Labute approximate surface area is 121 Å². The summed E-state index contributed by atoms with van der Waals surface area (Å²) < 4.78 is 2.27. The van der Waals surface area contributed by atoms with Crippen LogP contribution in [0.5, 0.6) is 0 Å². The standard InChI is InChI=1S/C15H15ClN2S/c1-10-5-3-6-12-15(10)18(14(9-16)17-12)11(2)13-7-4-8-19-13/h3-8,11H,9H2,1-2H3. The third kappa shape index (κ3) is 2.07. The molecule has 98 valence electrons. The van der Waals surface area contributed by atoms with E-state index >= 15 is 0 Å². The topological polar surface area (TPSA) is 17.8 Å². The lowest BCUT2D eigenvalue weighted by atomic mass is 10.2. The number of aryl methyl sites for hydroxylation is 1. The summed E-state index contributed by atoms with van der Waals surface area (Å²) in [4.78, 5) is 5.99. The predicted molar refractivity (Wildman–Crippen MR) is 82.2 cm³/mol. The van der Waals surface area contributed by atoms with Crippen molar-refractivity contribution in [1.29, 1.82) is 0 Å². The van der Waals surface area contributed by atoms with Gasteiger partial charge in [0.2, 0.25) is 0 Å². The highest BCUT2D eigenvalue weighted by atomic mass is 35.5. The summed E-state index contributed by atoms with van der Waals surface area (Å²) in [5, 5.41) is 2.11. The maximum Gasteiger partial charge on any atom is 0.125 e. The van der Waals surface area contributed by atoms with E-state index in [9.17, 15) is 0 Å². The predicted octanol–water partition coefficient (Wildman–Crippen LogP) is 4.75. The van der Waals surface area contributed by atoms with Crippen molar-refractivity contribution in [2.24, 2.45) is 0 Å². The quantitative estimate of drug-likeness (QED) is 0.636. The summed E-state index contributed by atoms with van der Waals surface area (Å²) in [6.07, 6.45) is 0. The zero-order chi connectivity index (χ0) is 13.4. The van der Waals surface area contributed by atoms with Crippen molar-refractivity contribution in [2.45, 2.75) is 25.8 Å². The van der Waals surface area contributed by atoms with Crippen molar-refractivity contribution in [3.63, 3.8) is 0 Å². The summed E-state index contributed by atoms with van der Waals surface area (Å²) >= 11 is 7.85. The van der Waals surface area contributed by atoms with Gasteiger partial charge in [-0.05, 0) is 36.9 Å². The van der Waals surface area contributed by atoms with Crippen molar-refractivity contribution < 1.29 is 0 Å². The van der Waals surface area contributed by atoms with Crippen molar-refractivity contribution >= 4 is 34.0 Å². The van der Waals surface area contributed by atoms with Gasteiger partial charge in [-0.3, -0.25) is 0 Å². The molecule has 0 aliphatic rings. The highest BCUT2D eigenvalue weighted by Crippen LogP contribution is 2.30. The van der Waals surface area contributed by atoms with Crippen LogP contribution >= 0.6 is 22.9 Å². The van der Waals surface area contributed by atoms with Crippen LogP contribution in [0, 0.1) is 6.92 Å². The molecular weight excluding hydrogens is 276 g/mol. The van der Waals surface area contributed by atoms with Crippen LogP contribution in [0.25, 0.3) is 11.0 Å². The first-order chi connectivity index (χ1) is 9.22. The number of thiophene rings is 1. The summed E-state index contributed by atoms with van der Waals surface area (Å²) in [6, 6.07) is 10.7. The highest BCUT2D eigenvalue weighted by Gasteiger charge is 2.18. The Kier molecular flexibility index (Phi) is 3.33. The molecule has 1 unspecified atom stereocenters. The molecular formula is C15H15ClN2S. The Morgan fingerprint density at radius 1 is 1.32 bits per heavy atom. The molecule has 0 aliphatic carbocycles. The van der Waals surface area contributed by atoms with Crippen LogP contribution < -0.4 is 0 Å². The molecule has 0 amide bonds. The third-order valence-electron chi connectivity index (χ3n) is 3.45. The molecule has 0 aliphatic heterocycles. The fourth-order valence-electron chi connectivity index (χ4n) is 2.54. The largest absolute Gasteiger partial charge is 0.319 e. The molecule has 19 heavy (non-hydrogen) atoms. The van der Waals surface area contributed by atoms with E-state index in [1.54, 1.807) is 11.3 Å². The van der Waals surface area contributed by atoms with Gasteiger partial charge in [0.15, 0.2) is 0 Å². The second-order valence-corrected chi connectivity index (χ2v) is 5.91. The van der Waals surface area contributed by atoms with E-state index in [-0.39, 0.29) is 6.04 Å². The average Bonchev–Trinajstić information content (AvgIpc) is 3.05. The van der Waals surface area contributed by atoms with Crippen LogP contribution in [0.2, 0.25) is 0 Å². The van der Waals surface area contributed by atoms with Crippen LogP contribution in [-0.4, -0.2) is 9.55 Å². The normalized spacial score (nSPS) is 13.0. The molecule has 1 atom stereocenters. The first-order valence-electron chi connectivity index (χ1n) is 6.28. The number of nitrogens with zero attached hydrogens (tertiary/aromatic N) is 2. The van der Waals surface area contributed by atoms with Crippen molar-refractivity contribution in [1.82, 2.24) is 9.55 Å². The first-order valence-corrected chi connectivity index (χ1v) is 7.69. The average molecular weight is 291 g/mol. The Morgan fingerprint density at radius 2 is 2.16 bits per heavy atom. The van der Waals surface area contributed by atoms with Gasteiger partial charge in [-0.1, -0.05) is 18.2 Å². The molecule has 0 bridgehead atoms. The molecule has 3 rings (SSSR count). The molecule has 0 saturated heterocycles. The van der Waals surface area contributed by atoms with Gasteiger partial charge in [-0.2, -0.15) is 0 Å². The number of halogens is 1. The summed E-state index contributed by atoms with van der Waals surface area (Å²) in [6.45, 7) is 4.33. The number of aromatic nitrogens is 2. The molecule has 0 radical (unpaired) electrons. The van der Waals surface area contributed by atoms with Gasteiger partial charge < -0.3 is 4.57 Å². The molecule has 3 aromatic rings. The van der Waals surface area contributed by atoms with Gasteiger partial charge in [0, 0.05) is 4.88 Å². The number of alkyl halides is 1. The number of imidazole rings is 1. The lowest BCUT2D eigenvalue weighted by molar-refractivity contribution is 0.643.